The minimum atomic E-state index is -0.358. The third-order valence-electron chi connectivity index (χ3n) is 2.69. The minimum absolute atomic E-state index is 0.253. The van der Waals surface area contributed by atoms with Crippen molar-refractivity contribution in [2.45, 2.75) is 31.6 Å². The van der Waals surface area contributed by atoms with E-state index >= 15 is 0 Å². The molecule has 0 aliphatic heterocycles. The van der Waals surface area contributed by atoms with Crippen LogP contribution in [-0.4, -0.2) is 14.8 Å². The number of hydrogen-bond donors (Lipinski definition) is 0. The highest BCUT2D eigenvalue weighted by Gasteiger charge is 2.24. The van der Waals surface area contributed by atoms with Gasteiger partial charge in [-0.2, -0.15) is 0 Å². The normalized spacial score (nSPS) is 11.9. The van der Waals surface area contributed by atoms with Crippen LogP contribution in [0.25, 0.3) is 11.4 Å². The average Bonchev–Trinajstić information content (AvgIpc) is 2.75. The van der Waals surface area contributed by atoms with Crippen molar-refractivity contribution in [1.29, 1.82) is 0 Å². The molecule has 0 saturated carbocycles. The van der Waals surface area contributed by atoms with E-state index in [-0.39, 0.29) is 11.4 Å². The van der Waals surface area contributed by atoms with Crippen LogP contribution in [0.1, 0.15) is 26.6 Å². The summed E-state index contributed by atoms with van der Waals surface area (Å²) in [7, 11) is 0. The minimum Gasteiger partial charge on any atom is -0.305 e. The lowest BCUT2D eigenvalue weighted by Gasteiger charge is -2.24. The van der Waals surface area contributed by atoms with E-state index in [1.54, 1.807) is 6.07 Å². The Morgan fingerprint density at radius 1 is 1.32 bits per heavy atom. The Morgan fingerprint density at radius 3 is 2.58 bits per heavy atom. The lowest BCUT2D eigenvalue weighted by atomic mass is 10.1. The number of aromatic nitrogens is 3. The van der Waals surface area contributed by atoms with Crippen LogP contribution in [0, 0.1) is 5.82 Å². The molecule has 6 heteroatoms. The fraction of sp³-hybridized carbons (Fsp3) is 0.385. The third kappa shape index (κ3) is 2.82. The van der Waals surface area contributed by atoms with Crippen molar-refractivity contribution in [1.82, 2.24) is 14.8 Å². The van der Waals surface area contributed by atoms with Crippen LogP contribution >= 0.6 is 27.5 Å². The average molecular weight is 347 g/mol. The Hall–Kier alpha value is -0.940. The van der Waals surface area contributed by atoms with E-state index in [4.69, 9.17) is 11.6 Å². The fourth-order valence-corrected chi connectivity index (χ4v) is 2.49. The maximum atomic E-state index is 14.0. The maximum absolute atomic E-state index is 14.0. The highest BCUT2D eigenvalue weighted by atomic mass is 79.9. The summed E-state index contributed by atoms with van der Waals surface area (Å²) in [6.07, 6.45) is 0. The zero-order valence-electron chi connectivity index (χ0n) is 10.9. The molecule has 1 heterocycles. The highest BCUT2D eigenvalue weighted by Crippen LogP contribution is 2.30. The van der Waals surface area contributed by atoms with E-state index < -0.39 is 0 Å². The predicted octanol–water partition coefficient (Wildman–Crippen LogP) is 4.39. The van der Waals surface area contributed by atoms with Crippen molar-refractivity contribution in [3.05, 3.63) is 34.9 Å². The molecule has 0 aliphatic carbocycles. The van der Waals surface area contributed by atoms with Gasteiger partial charge in [-0.3, -0.25) is 0 Å². The standard InChI is InChI=1S/C13H14BrClFN3/c1-13(2,3)19-11(7-14)17-18-12(19)9-6-8(15)4-5-10(9)16/h4-6H,7H2,1-3H3. The van der Waals surface area contributed by atoms with Gasteiger partial charge in [0.05, 0.1) is 10.9 Å². The summed E-state index contributed by atoms with van der Waals surface area (Å²) in [5.74, 6) is 0.882. The Bertz CT molecular complexity index is 604. The second-order valence-electron chi connectivity index (χ2n) is 5.20. The second kappa shape index (κ2) is 5.21. The van der Waals surface area contributed by atoms with E-state index in [1.165, 1.54) is 12.1 Å². The molecule has 0 saturated heterocycles. The first-order valence-electron chi connectivity index (χ1n) is 5.80. The first-order valence-corrected chi connectivity index (χ1v) is 7.30. The van der Waals surface area contributed by atoms with Crippen LogP contribution in [0.4, 0.5) is 4.39 Å². The molecule has 0 N–H and O–H groups in total. The number of alkyl halides is 1. The number of nitrogens with zero attached hydrogens (tertiary/aromatic N) is 3. The zero-order valence-corrected chi connectivity index (χ0v) is 13.3. The number of benzene rings is 1. The van der Waals surface area contributed by atoms with E-state index in [0.717, 1.165) is 5.82 Å². The lowest BCUT2D eigenvalue weighted by molar-refractivity contribution is 0.390. The van der Waals surface area contributed by atoms with Crippen molar-refractivity contribution in [3.63, 3.8) is 0 Å². The molecule has 1 aromatic carbocycles. The Labute approximate surface area is 124 Å². The van der Waals surface area contributed by atoms with Crippen LogP contribution in [0.15, 0.2) is 18.2 Å². The fourth-order valence-electron chi connectivity index (χ4n) is 1.95. The summed E-state index contributed by atoms with van der Waals surface area (Å²) in [4.78, 5) is 0. The molecule has 0 fully saturated rings. The van der Waals surface area contributed by atoms with E-state index in [2.05, 4.69) is 26.1 Å². The molecule has 1 aromatic heterocycles. The van der Waals surface area contributed by atoms with E-state index in [1.807, 2.05) is 25.3 Å². The maximum Gasteiger partial charge on any atom is 0.167 e. The molecule has 0 radical (unpaired) electrons. The Balaban J connectivity index is 2.69. The molecule has 0 amide bonds. The van der Waals surface area contributed by atoms with Crippen molar-refractivity contribution in [3.8, 4) is 11.4 Å². The van der Waals surface area contributed by atoms with Crippen LogP contribution in [-0.2, 0) is 10.9 Å². The van der Waals surface area contributed by atoms with Gasteiger partial charge in [0.1, 0.15) is 11.6 Å². The van der Waals surface area contributed by atoms with Gasteiger partial charge in [0.2, 0.25) is 0 Å². The number of hydrogen-bond acceptors (Lipinski definition) is 2. The molecule has 2 aromatic rings. The molecule has 2 rings (SSSR count). The molecule has 0 bridgehead atoms. The van der Waals surface area contributed by atoms with Crippen LogP contribution in [0.3, 0.4) is 0 Å². The molecule has 0 spiro atoms. The van der Waals surface area contributed by atoms with Gasteiger partial charge < -0.3 is 4.57 Å². The molecule has 102 valence electrons. The van der Waals surface area contributed by atoms with Gasteiger partial charge in [-0.15, -0.1) is 10.2 Å². The van der Waals surface area contributed by atoms with Gasteiger partial charge in [0.25, 0.3) is 0 Å². The van der Waals surface area contributed by atoms with E-state index in [0.29, 0.717) is 21.7 Å². The quantitative estimate of drug-likeness (QED) is 0.755. The van der Waals surface area contributed by atoms with Gasteiger partial charge in [-0.05, 0) is 39.0 Å². The number of halogens is 3. The summed E-state index contributed by atoms with van der Waals surface area (Å²) in [5.41, 5.74) is 0.110. The van der Waals surface area contributed by atoms with Crippen molar-refractivity contribution in [2.75, 3.05) is 0 Å². The first-order chi connectivity index (χ1) is 8.84. The number of rotatable bonds is 2. The van der Waals surface area contributed by atoms with Gasteiger partial charge in [0.15, 0.2) is 5.82 Å². The molecular weight excluding hydrogens is 333 g/mol. The first kappa shape index (κ1) is 14.5. The molecule has 0 aliphatic rings. The van der Waals surface area contributed by atoms with Gasteiger partial charge in [-0.1, -0.05) is 27.5 Å². The topological polar surface area (TPSA) is 30.7 Å². The molecule has 3 nitrogen and oxygen atoms in total. The van der Waals surface area contributed by atoms with Crippen LogP contribution < -0.4 is 0 Å². The van der Waals surface area contributed by atoms with Crippen LogP contribution in [0.2, 0.25) is 5.02 Å². The zero-order chi connectivity index (χ0) is 14.2. The van der Waals surface area contributed by atoms with Gasteiger partial charge in [0, 0.05) is 10.6 Å². The monoisotopic (exact) mass is 345 g/mol. The summed E-state index contributed by atoms with van der Waals surface area (Å²) in [6.45, 7) is 6.07. The molecule has 0 unspecified atom stereocenters. The van der Waals surface area contributed by atoms with Gasteiger partial charge in [-0.25, -0.2) is 4.39 Å². The third-order valence-corrected chi connectivity index (χ3v) is 3.43. The summed E-state index contributed by atoms with van der Waals surface area (Å²) in [5, 5.41) is 9.24. The molecule has 19 heavy (non-hydrogen) atoms. The highest BCUT2D eigenvalue weighted by molar-refractivity contribution is 9.08. The van der Waals surface area contributed by atoms with E-state index in [9.17, 15) is 4.39 Å². The van der Waals surface area contributed by atoms with Crippen molar-refractivity contribution in [2.24, 2.45) is 0 Å². The second-order valence-corrected chi connectivity index (χ2v) is 6.20. The predicted molar refractivity (Wildman–Crippen MR) is 78.1 cm³/mol. The van der Waals surface area contributed by atoms with Crippen molar-refractivity contribution >= 4 is 27.5 Å². The summed E-state index contributed by atoms with van der Waals surface area (Å²) >= 11 is 9.32. The SMILES string of the molecule is CC(C)(C)n1c(CBr)nnc1-c1cc(Cl)ccc1F. The molecular formula is C13H14BrClFN3. The molecule has 0 atom stereocenters. The Kier molecular flexibility index (Phi) is 3.97. The van der Waals surface area contributed by atoms with Crippen LogP contribution in [0.5, 0.6) is 0 Å². The summed E-state index contributed by atoms with van der Waals surface area (Å²) < 4.78 is 15.9. The smallest absolute Gasteiger partial charge is 0.167 e. The lowest BCUT2D eigenvalue weighted by Crippen LogP contribution is -2.25. The Morgan fingerprint density at radius 2 is 2.00 bits per heavy atom. The largest absolute Gasteiger partial charge is 0.305 e. The van der Waals surface area contributed by atoms with Crippen molar-refractivity contribution < 1.29 is 4.39 Å². The summed E-state index contributed by atoms with van der Waals surface area (Å²) in [6, 6.07) is 4.43. The van der Waals surface area contributed by atoms with Gasteiger partial charge >= 0.3 is 0 Å².